The Morgan fingerprint density at radius 3 is 2.29 bits per heavy atom. The zero-order valence-electron chi connectivity index (χ0n) is 11.1. The summed E-state index contributed by atoms with van der Waals surface area (Å²) in [5, 5.41) is 0. The minimum absolute atomic E-state index is 0.191. The van der Waals surface area contributed by atoms with Crippen LogP contribution in [0.1, 0.15) is 25.8 Å². The number of allylic oxidation sites excluding steroid dienone is 1. The Morgan fingerprint density at radius 1 is 1.24 bits per heavy atom. The Kier molecular flexibility index (Phi) is 4.95. The molecule has 1 aromatic carbocycles. The number of ketones is 1. The van der Waals surface area contributed by atoms with E-state index in [0.717, 1.165) is 11.3 Å². The average molecular weight is 231 g/mol. The molecule has 0 saturated heterocycles. The molecule has 0 spiro atoms. The fourth-order valence-electron chi connectivity index (χ4n) is 1.54. The van der Waals surface area contributed by atoms with Crippen molar-refractivity contribution in [3.63, 3.8) is 0 Å². The lowest BCUT2D eigenvalue weighted by molar-refractivity contribution is -0.115. The lowest BCUT2D eigenvalue weighted by Crippen LogP contribution is -2.07. The first-order valence-electron chi connectivity index (χ1n) is 5.97. The summed E-state index contributed by atoms with van der Waals surface area (Å²) >= 11 is 0. The summed E-state index contributed by atoms with van der Waals surface area (Å²) in [6, 6.07) is 8.14. The molecule has 1 aromatic rings. The second-order valence-corrected chi connectivity index (χ2v) is 4.88. The molecule has 0 aliphatic carbocycles. The van der Waals surface area contributed by atoms with Crippen LogP contribution in [0.15, 0.2) is 30.3 Å². The molecule has 0 fully saturated rings. The molecule has 0 atom stereocenters. The summed E-state index contributed by atoms with van der Waals surface area (Å²) in [5.74, 6) is 0.611. The van der Waals surface area contributed by atoms with Crippen LogP contribution in [0.25, 0.3) is 6.08 Å². The number of carbonyl (C=O) groups is 1. The number of anilines is 1. The van der Waals surface area contributed by atoms with Crippen molar-refractivity contribution in [1.82, 2.24) is 0 Å². The van der Waals surface area contributed by atoms with Gasteiger partial charge in [0, 0.05) is 26.2 Å². The Labute approximate surface area is 104 Å². The third-order valence-electron chi connectivity index (χ3n) is 2.48. The molecule has 92 valence electrons. The summed E-state index contributed by atoms with van der Waals surface area (Å²) in [7, 11) is 4.02. The smallest absolute Gasteiger partial charge is 0.155 e. The van der Waals surface area contributed by atoms with Crippen LogP contribution in [0.4, 0.5) is 5.69 Å². The van der Waals surface area contributed by atoms with Crippen LogP contribution in [-0.2, 0) is 4.79 Å². The highest BCUT2D eigenvalue weighted by molar-refractivity contribution is 5.93. The highest BCUT2D eigenvalue weighted by Crippen LogP contribution is 2.13. The third-order valence-corrected chi connectivity index (χ3v) is 2.48. The number of hydrogen-bond acceptors (Lipinski definition) is 2. The summed E-state index contributed by atoms with van der Waals surface area (Å²) in [6.07, 6.45) is 4.17. The SMILES string of the molecule is CC(C)CC(=O)/C=C/c1ccc(N(C)C)cc1. The lowest BCUT2D eigenvalue weighted by atomic mass is 10.1. The molecule has 0 amide bonds. The number of hydrogen-bond donors (Lipinski definition) is 0. The Hall–Kier alpha value is -1.57. The summed E-state index contributed by atoms with van der Waals surface area (Å²) in [4.78, 5) is 13.6. The highest BCUT2D eigenvalue weighted by Gasteiger charge is 2.00. The van der Waals surface area contributed by atoms with E-state index in [0.29, 0.717) is 12.3 Å². The van der Waals surface area contributed by atoms with E-state index in [9.17, 15) is 4.79 Å². The van der Waals surface area contributed by atoms with E-state index in [1.165, 1.54) is 0 Å². The third kappa shape index (κ3) is 4.85. The van der Waals surface area contributed by atoms with Gasteiger partial charge in [-0.1, -0.05) is 32.1 Å². The second kappa shape index (κ2) is 6.24. The first kappa shape index (κ1) is 13.5. The van der Waals surface area contributed by atoms with Crippen molar-refractivity contribution in [3.05, 3.63) is 35.9 Å². The molecule has 2 nitrogen and oxygen atoms in total. The maximum Gasteiger partial charge on any atom is 0.155 e. The van der Waals surface area contributed by atoms with Crippen LogP contribution in [0.3, 0.4) is 0 Å². The van der Waals surface area contributed by atoms with Gasteiger partial charge in [-0.15, -0.1) is 0 Å². The molecule has 17 heavy (non-hydrogen) atoms. The minimum Gasteiger partial charge on any atom is -0.378 e. The summed E-state index contributed by atoms with van der Waals surface area (Å²) < 4.78 is 0. The predicted molar refractivity (Wildman–Crippen MR) is 74.3 cm³/mol. The monoisotopic (exact) mass is 231 g/mol. The van der Waals surface area contributed by atoms with Crippen molar-refractivity contribution in [2.24, 2.45) is 5.92 Å². The molecular weight excluding hydrogens is 210 g/mol. The Bertz CT molecular complexity index is 388. The Balaban J connectivity index is 2.63. The molecule has 0 aliphatic heterocycles. The standard InChI is InChI=1S/C15H21NO/c1-12(2)11-15(17)10-7-13-5-8-14(9-6-13)16(3)4/h5-10,12H,11H2,1-4H3/b10-7+. The van der Waals surface area contributed by atoms with Gasteiger partial charge in [0.1, 0.15) is 0 Å². The van der Waals surface area contributed by atoms with Crippen molar-refractivity contribution in [1.29, 1.82) is 0 Å². The fourth-order valence-corrected chi connectivity index (χ4v) is 1.54. The van der Waals surface area contributed by atoms with Crippen LogP contribution in [0, 0.1) is 5.92 Å². The number of nitrogens with zero attached hydrogens (tertiary/aromatic N) is 1. The van der Waals surface area contributed by atoms with Gasteiger partial charge in [-0.05, 0) is 29.7 Å². The van der Waals surface area contributed by atoms with Gasteiger partial charge in [0.2, 0.25) is 0 Å². The molecule has 0 heterocycles. The normalized spacial score (nSPS) is 11.1. The van der Waals surface area contributed by atoms with Gasteiger partial charge in [-0.25, -0.2) is 0 Å². The van der Waals surface area contributed by atoms with Gasteiger partial charge in [-0.2, -0.15) is 0 Å². The van der Waals surface area contributed by atoms with Crippen LogP contribution in [-0.4, -0.2) is 19.9 Å². The van der Waals surface area contributed by atoms with Gasteiger partial charge in [0.25, 0.3) is 0 Å². The van der Waals surface area contributed by atoms with Crippen LogP contribution < -0.4 is 4.90 Å². The van der Waals surface area contributed by atoms with Crippen molar-refractivity contribution in [2.45, 2.75) is 20.3 Å². The van der Waals surface area contributed by atoms with Gasteiger partial charge in [0.05, 0.1) is 0 Å². The van der Waals surface area contributed by atoms with Gasteiger partial charge < -0.3 is 4.90 Å². The van der Waals surface area contributed by atoms with E-state index < -0.39 is 0 Å². The van der Waals surface area contributed by atoms with Crippen LogP contribution in [0.2, 0.25) is 0 Å². The Morgan fingerprint density at radius 2 is 1.82 bits per heavy atom. The molecule has 1 rings (SSSR count). The highest BCUT2D eigenvalue weighted by atomic mass is 16.1. The first-order chi connectivity index (χ1) is 7.99. The lowest BCUT2D eigenvalue weighted by Gasteiger charge is -2.11. The van der Waals surface area contributed by atoms with E-state index in [2.05, 4.69) is 18.7 Å². The molecule has 0 N–H and O–H groups in total. The largest absolute Gasteiger partial charge is 0.378 e. The average Bonchev–Trinajstić information content (AvgIpc) is 2.26. The van der Waals surface area contributed by atoms with Crippen molar-refractivity contribution < 1.29 is 4.79 Å². The number of rotatable bonds is 5. The molecule has 0 aromatic heterocycles. The van der Waals surface area contributed by atoms with Crippen LogP contribution >= 0.6 is 0 Å². The maximum atomic E-state index is 11.5. The van der Waals surface area contributed by atoms with Gasteiger partial charge in [-0.3, -0.25) is 4.79 Å². The zero-order chi connectivity index (χ0) is 12.8. The number of benzene rings is 1. The molecule has 0 unspecified atom stereocenters. The van der Waals surface area contributed by atoms with E-state index in [-0.39, 0.29) is 5.78 Å². The molecular formula is C15H21NO. The molecule has 0 aliphatic rings. The summed E-state index contributed by atoms with van der Waals surface area (Å²) in [5.41, 5.74) is 2.23. The quantitative estimate of drug-likeness (QED) is 0.724. The maximum absolute atomic E-state index is 11.5. The second-order valence-electron chi connectivity index (χ2n) is 4.88. The van der Waals surface area contributed by atoms with E-state index in [1.807, 2.05) is 44.4 Å². The fraction of sp³-hybridized carbons (Fsp3) is 0.400. The molecule has 2 heteroatoms. The predicted octanol–water partition coefficient (Wildman–Crippen LogP) is 3.38. The van der Waals surface area contributed by atoms with Crippen molar-refractivity contribution >= 4 is 17.5 Å². The first-order valence-corrected chi connectivity index (χ1v) is 5.97. The van der Waals surface area contributed by atoms with Gasteiger partial charge >= 0.3 is 0 Å². The molecule has 0 radical (unpaired) electrons. The van der Waals surface area contributed by atoms with Crippen LogP contribution in [0.5, 0.6) is 0 Å². The van der Waals surface area contributed by atoms with E-state index in [1.54, 1.807) is 6.08 Å². The molecule has 0 bridgehead atoms. The van der Waals surface area contributed by atoms with E-state index in [4.69, 9.17) is 0 Å². The van der Waals surface area contributed by atoms with E-state index >= 15 is 0 Å². The molecule has 0 saturated carbocycles. The summed E-state index contributed by atoms with van der Waals surface area (Å²) in [6.45, 7) is 4.11. The van der Waals surface area contributed by atoms with Gasteiger partial charge in [0.15, 0.2) is 5.78 Å². The number of carbonyl (C=O) groups excluding carboxylic acids is 1. The minimum atomic E-state index is 0.191. The van der Waals surface area contributed by atoms with Crippen molar-refractivity contribution in [2.75, 3.05) is 19.0 Å². The topological polar surface area (TPSA) is 20.3 Å². The van der Waals surface area contributed by atoms with Crippen molar-refractivity contribution in [3.8, 4) is 0 Å². The zero-order valence-corrected chi connectivity index (χ0v) is 11.1.